The maximum Gasteiger partial charge on any atom is 0.414 e. The number of hydrogen-bond acceptors (Lipinski definition) is 9. The van der Waals surface area contributed by atoms with Crippen molar-refractivity contribution in [2.24, 2.45) is 0 Å². The van der Waals surface area contributed by atoms with Crippen LogP contribution in [-0.2, 0) is 20.7 Å². The Morgan fingerprint density at radius 1 is 1.16 bits per heavy atom. The summed E-state index contributed by atoms with van der Waals surface area (Å²) in [5, 5.41) is 11.2. The van der Waals surface area contributed by atoms with E-state index in [2.05, 4.69) is 39.8 Å². The molecule has 170 valence electrons. The Morgan fingerprint density at radius 2 is 1.90 bits per heavy atom. The van der Waals surface area contributed by atoms with Gasteiger partial charge in [0.05, 0.1) is 12.1 Å². The lowest BCUT2D eigenvalue weighted by Gasteiger charge is -2.19. The second-order valence-corrected chi connectivity index (χ2v) is 10.1. The maximum absolute atomic E-state index is 12.2. The standard InChI is InChI=1S/C20H29N5O4S2/c1-12(2)14-10-22-18(31-14)24-16(27)9-13-11-30-17(23-13)21-8-6-7-15(26)25-19(28)29-20(3,4)5/h10-12H,6-9H2,1-5H3,(H,21,23)(H,22,24,27)(H,25,26,28). The van der Waals surface area contributed by atoms with Crippen molar-refractivity contribution in [3.05, 3.63) is 22.1 Å². The van der Waals surface area contributed by atoms with E-state index < -0.39 is 17.6 Å². The zero-order chi connectivity index (χ0) is 23.0. The van der Waals surface area contributed by atoms with Gasteiger partial charge in [0, 0.05) is 29.4 Å². The number of rotatable bonds is 9. The van der Waals surface area contributed by atoms with Crippen molar-refractivity contribution in [2.45, 2.75) is 65.4 Å². The number of carbonyl (C=O) groups excluding carboxylic acids is 3. The van der Waals surface area contributed by atoms with Gasteiger partial charge < -0.3 is 15.4 Å². The fourth-order valence-electron chi connectivity index (χ4n) is 2.33. The van der Waals surface area contributed by atoms with Gasteiger partial charge in [-0.3, -0.25) is 14.9 Å². The van der Waals surface area contributed by atoms with Crippen molar-refractivity contribution in [1.29, 1.82) is 0 Å². The lowest BCUT2D eigenvalue weighted by Crippen LogP contribution is -2.36. The summed E-state index contributed by atoms with van der Waals surface area (Å²) in [6.07, 6.45) is 1.90. The molecule has 0 aliphatic carbocycles. The molecule has 31 heavy (non-hydrogen) atoms. The van der Waals surface area contributed by atoms with E-state index in [1.807, 2.05) is 5.38 Å². The second-order valence-electron chi connectivity index (χ2n) is 8.17. The van der Waals surface area contributed by atoms with Crippen LogP contribution in [-0.4, -0.2) is 40.0 Å². The van der Waals surface area contributed by atoms with E-state index in [0.29, 0.717) is 34.8 Å². The number of carbonyl (C=O) groups is 3. The Kier molecular flexibility index (Phi) is 8.93. The molecule has 0 fully saturated rings. The molecule has 0 bridgehead atoms. The van der Waals surface area contributed by atoms with Crippen molar-refractivity contribution >= 4 is 50.8 Å². The molecule has 3 amide bonds. The lowest BCUT2D eigenvalue weighted by atomic mass is 10.2. The predicted octanol–water partition coefficient (Wildman–Crippen LogP) is 4.15. The summed E-state index contributed by atoms with van der Waals surface area (Å²) in [4.78, 5) is 45.2. The van der Waals surface area contributed by atoms with E-state index >= 15 is 0 Å². The van der Waals surface area contributed by atoms with Gasteiger partial charge in [0.15, 0.2) is 10.3 Å². The van der Waals surface area contributed by atoms with Crippen LogP contribution in [0.5, 0.6) is 0 Å². The highest BCUT2D eigenvalue weighted by Gasteiger charge is 2.18. The molecule has 3 N–H and O–H groups in total. The van der Waals surface area contributed by atoms with Crippen molar-refractivity contribution in [3.8, 4) is 0 Å². The molecule has 0 aliphatic rings. The summed E-state index contributed by atoms with van der Waals surface area (Å²) in [7, 11) is 0. The molecule has 0 unspecified atom stereocenters. The molecular formula is C20H29N5O4S2. The van der Waals surface area contributed by atoms with Crippen molar-refractivity contribution in [1.82, 2.24) is 15.3 Å². The first kappa shape index (κ1) is 24.7. The number of imide groups is 1. The van der Waals surface area contributed by atoms with E-state index in [1.54, 1.807) is 27.0 Å². The van der Waals surface area contributed by atoms with E-state index in [-0.39, 0.29) is 18.7 Å². The molecule has 2 heterocycles. The average molecular weight is 468 g/mol. The molecular weight excluding hydrogens is 438 g/mol. The minimum Gasteiger partial charge on any atom is -0.444 e. The van der Waals surface area contributed by atoms with Crippen LogP contribution in [0.2, 0.25) is 0 Å². The van der Waals surface area contributed by atoms with Crippen LogP contribution in [0.25, 0.3) is 0 Å². The third-order valence-corrected chi connectivity index (χ3v) is 5.79. The summed E-state index contributed by atoms with van der Waals surface area (Å²) in [5.41, 5.74) is 0.0103. The molecule has 0 saturated heterocycles. The molecule has 0 atom stereocenters. The van der Waals surface area contributed by atoms with Gasteiger partial charge in [-0.05, 0) is 33.1 Å². The van der Waals surface area contributed by atoms with E-state index in [4.69, 9.17) is 4.74 Å². The van der Waals surface area contributed by atoms with Gasteiger partial charge in [0.1, 0.15) is 5.60 Å². The van der Waals surface area contributed by atoms with Gasteiger partial charge in [-0.1, -0.05) is 13.8 Å². The van der Waals surface area contributed by atoms with Gasteiger partial charge in [-0.25, -0.2) is 14.8 Å². The summed E-state index contributed by atoms with van der Waals surface area (Å²) in [5.74, 6) is -0.186. The molecule has 2 aromatic rings. The Labute approximate surface area is 190 Å². The number of thiazole rings is 2. The summed E-state index contributed by atoms with van der Waals surface area (Å²) in [6.45, 7) is 9.86. The molecule has 0 saturated carbocycles. The number of hydrogen-bond donors (Lipinski definition) is 3. The Balaban J connectivity index is 1.67. The highest BCUT2D eigenvalue weighted by Crippen LogP contribution is 2.25. The average Bonchev–Trinajstić information content (AvgIpc) is 3.26. The number of alkyl carbamates (subject to hydrolysis) is 1. The van der Waals surface area contributed by atoms with E-state index in [1.165, 1.54) is 22.7 Å². The molecule has 0 aromatic carbocycles. The number of ether oxygens (including phenoxy) is 1. The van der Waals surface area contributed by atoms with Crippen LogP contribution in [0, 0.1) is 0 Å². The van der Waals surface area contributed by atoms with Crippen LogP contribution < -0.4 is 16.0 Å². The molecule has 0 radical (unpaired) electrons. The van der Waals surface area contributed by atoms with Crippen molar-refractivity contribution < 1.29 is 19.1 Å². The smallest absolute Gasteiger partial charge is 0.414 e. The first-order chi connectivity index (χ1) is 14.5. The van der Waals surface area contributed by atoms with E-state index in [0.717, 1.165) is 4.88 Å². The molecule has 0 spiro atoms. The van der Waals surface area contributed by atoms with Crippen LogP contribution >= 0.6 is 22.7 Å². The molecule has 0 aliphatic heterocycles. The maximum atomic E-state index is 12.2. The fraction of sp³-hybridized carbons (Fsp3) is 0.550. The largest absolute Gasteiger partial charge is 0.444 e. The number of nitrogens with one attached hydrogen (secondary N) is 3. The SMILES string of the molecule is CC(C)c1cnc(NC(=O)Cc2csc(NCCCC(=O)NC(=O)OC(C)(C)C)n2)s1. The van der Waals surface area contributed by atoms with Gasteiger partial charge in [-0.15, -0.1) is 22.7 Å². The topological polar surface area (TPSA) is 122 Å². The number of nitrogens with zero attached hydrogens (tertiary/aromatic N) is 2. The monoisotopic (exact) mass is 467 g/mol. The molecule has 2 rings (SSSR count). The first-order valence-corrected chi connectivity index (χ1v) is 11.7. The molecule has 9 nitrogen and oxygen atoms in total. The Bertz CT molecular complexity index is 902. The third kappa shape index (κ3) is 9.43. The minimum absolute atomic E-state index is 0.160. The normalized spacial score (nSPS) is 11.3. The number of amides is 3. The number of aromatic nitrogens is 2. The second kappa shape index (κ2) is 11.2. The summed E-state index contributed by atoms with van der Waals surface area (Å²) in [6, 6.07) is 0. The zero-order valence-electron chi connectivity index (χ0n) is 18.4. The quantitative estimate of drug-likeness (QED) is 0.474. The van der Waals surface area contributed by atoms with E-state index in [9.17, 15) is 14.4 Å². The first-order valence-electron chi connectivity index (χ1n) is 9.98. The van der Waals surface area contributed by atoms with Gasteiger partial charge in [0.25, 0.3) is 0 Å². The molecule has 11 heteroatoms. The van der Waals surface area contributed by atoms with Gasteiger partial charge in [-0.2, -0.15) is 0 Å². The summed E-state index contributed by atoms with van der Waals surface area (Å²) >= 11 is 2.86. The highest BCUT2D eigenvalue weighted by atomic mass is 32.1. The fourth-order valence-corrected chi connectivity index (χ4v) is 3.91. The van der Waals surface area contributed by atoms with Gasteiger partial charge in [0.2, 0.25) is 11.8 Å². The van der Waals surface area contributed by atoms with Crippen molar-refractivity contribution in [2.75, 3.05) is 17.2 Å². The van der Waals surface area contributed by atoms with Gasteiger partial charge >= 0.3 is 6.09 Å². The van der Waals surface area contributed by atoms with Crippen LogP contribution in [0.15, 0.2) is 11.6 Å². The summed E-state index contributed by atoms with van der Waals surface area (Å²) < 4.78 is 5.04. The molecule has 2 aromatic heterocycles. The van der Waals surface area contributed by atoms with Crippen LogP contribution in [0.1, 0.15) is 63.9 Å². The third-order valence-electron chi connectivity index (χ3n) is 3.73. The van der Waals surface area contributed by atoms with Crippen LogP contribution in [0.4, 0.5) is 15.1 Å². The van der Waals surface area contributed by atoms with Crippen LogP contribution in [0.3, 0.4) is 0 Å². The highest BCUT2D eigenvalue weighted by molar-refractivity contribution is 7.15. The Morgan fingerprint density at radius 3 is 2.55 bits per heavy atom. The predicted molar refractivity (Wildman–Crippen MR) is 123 cm³/mol. The van der Waals surface area contributed by atoms with Crippen molar-refractivity contribution in [3.63, 3.8) is 0 Å². The zero-order valence-corrected chi connectivity index (χ0v) is 20.0. The lowest BCUT2D eigenvalue weighted by molar-refractivity contribution is -0.120. The Hall–Kier alpha value is -2.53. The number of anilines is 2. The minimum atomic E-state index is -0.744.